The molecule has 0 amide bonds. The molecule has 2 unspecified atom stereocenters. The van der Waals surface area contributed by atoms with Crippen LogP contribution in [0.5, 0.6) is 0 Å². The maximum Gasteiger partial charge on any atom is 0.0443 e. The monoisotopic (exact) mass is 201 g/mol. The highest BCUT2D eigenvalue weighted by molar-refractivity contribution is 6.19. The first-order valence-electron chi connectivity index (χ1n) is 5.11. The topological polar surface area (TPSA) is 3.24 Å². The Morgan fingerprint density at radius 3 is 2.85 bits per heavy atom. The second-order valence-electron chi connectivity index (χ2n) is 4.21. The van der Waals surface area contributed by atoms with Gasteiger partial charge in [-0.25, -0.2) is 0 Å². The molecule has 0 aromatic heterocycles. The van der Waals surface area contributed by atoms with Crippen molar-refractivity contribution in [2.24, 2.45) is 5.92 Å². The van der Waals surface area contributed by atoms with Crippen LogP contribution in [0, 0.1) is 5.92 Å². The van der Waals surface area contributed by atoms with Gasteiger partial charge in [-0.2, -0.15) is 0 Å². The van der Waals surface area contributed by atoms with E-state index < -0.39 is 0 Å². The van der Waals surface area contributed by atoms with Crippen LogP contribution in [0.3, 0.4) is 0 Å². The minimum atomic E-state index is 0.595. The molecule has 0 saturated carbocycles. The summed E-state index contributed by atoms with van der Waals surface area (Å²) in [5.74, 6) is 1.41. The molecule has 2 heteroatoms. The minimum absolute atomic E-state index is 0.595. The van der Waals surface area contributed by atoms with Gasteiger partial charge in [-0.1, -0.05) is 13.5 Å². The Balaban J connectivity index is 2.43. The van der Waals surface area contributed by atoms with Crippen molar-refractivity contribution in [2.45, 2.75) is 32.7 Å². The Kier molecular flexibility index (Phi) is 4.27. The SMILES string of the molecule is C=C(CCl)CN1CCCC(C)C1C. The fraction of sp³-hybridized carbons (Fsp3) is 0.818. The van der Waals surface area contributed by atoms with Crippen LogP contribution in [-0.4, -0.2) is 29.9 Å². The first-order chi connectivity index (χ1) is 6.15. The molecule has 1 nitrogen and oxygen atoms in total. The van der Waals surface area contributed by atoms with Crippen molar-refractivity contribution in [1.29, 1.82) is 0 Å². The summed E-state index contributed by atoms with van der Waals surface area (Å²) in [6, 6.07) is 0.689. The zero-order valence-electron chi connectivity index (χ0n) is 8.72. The molecule has 0 aromatic carbocycles. The van der Waals surface area contributed by atoms with Gasteiger partial charge in [0.15, 0.2) is 0 Å². The Morgan fingerprint density at radius 1 is 1.54 bits per heavy atom. The average molecular weight is 202 g/mol. The number of rotatable bonds is 3. The molecule has 1 fully saturated rings. The summed E-state index contributed by atoms with van der Waals surface area (Å²) in [4.78, 5) is 2.50. The molecular weight excluding hydrogens is 182 g/mol. The molecule has 0 aromatic rings. The van der Waals surface area contributed by atoms with Gasteiger partial charge in [-0.15, -0.1) is 11.6 Å². The summed E-state index contributed by atoms with van der Waals surface area (Å²) >= 11 is 5.73. The van der Waals surface area contributed by atoms with E-state index in [0.29, 0.717) is 11.9 Å². The number of alkyl halides is 1. The number of hydrogen-bond acceptors (Lipinski definition) is 1. The zero-order chi connectivity index (χ0) is 9.84. The maximum atomic E-state index is 5.73. The van der Waals surface area contributed by atoms with E-state index in [1.54, 1.807) is 0 Å². The van der Waals surface area contributed by atoms with Crippen LogP contribution in [0.1, 0.15) is 26.7 Å². The van der Waals surface area contributed by atoms with Crippen LogP contribution < -0.4 is 0 Å². The van der Waals surface area contributed by atoms with Crippen LogP contribution >= 0.6 is 11.6 Å². The first kappa shape index (κ1) is 11.1. The van der Waals surface area contributed by atoms with Crippen molar-refractivity contribution in [2.75, 3.05) is 19.0 Å². The molecule has 2 atom stereocenters. The number of halogens is 1. The molecule has 0 bridgehead atoms. The number of nitrogens with zero attached hydrogens (tertiary/aromatic N) is 1. The van der Waals surface area contributed by atoms with Crippen molar-refractivity contribution < 1.29 is 0 Å². The van der Waals surface area contributed by atoms with E-state index in [9.17, 15) is 0 Å². The van der Waals surface area contributed by atoms with Gasteiger partial charge >= 0.3 is 0 Å². The summed E-state index contributed by atoms with van der Waals surface area (Å²) in [6.07, 6.45) is 2.69. The number of likely N-dealkylation sites (tertiary alicyclic amines) is 1. The molecule has 1 aliphatic heterocycles. The highest BCUT2D eigenvalue weighted by Gasteiger charge is 2.24. The lowest BCUT2D eigenvalue weighted by Crippen LogP contribution is -2.43. The van der Waals surface area contributed by atoms with Crippen molar-refractivity contribution in [3.8, 4) is 0 Å². The average Bonchev–Trinajstić information content (AvgIpc) is 2.13. The molecule has 13 heavy (non-hydrogen) atoms. The summed E-state index contributed by atoms with van der Waals surface area (Å²) in [5.41, 5.74) is 1.14. The Hall–Kier alpha value is -0.0100. The Labute approximate surface area is 86.8 Å². The molecule has 0 N–H and O–H groups in total. The lowest BCUT2D eigenvalue weighted by molar-refractivity contribution is 0.125. The fourth-order valence-corrected chi connectivity index (χ4v) is 2.06. The third-order valence-corrected chi connectivity index (χ3v) is 3.50. The van der Waals surface area contributed by atoms with Crippen molar-refractivity contribution in [1.82, 2.24) is 4.90 Å². The van der Waals surface area contributed by atoms with Crippen molar-refractivity contribution in [3.63, 3.8) is 0 Å². The van der Waals surface area contributed by atoms with Gasteiger partial charge in [-0.3, -0.25) is 4.90 Å². The third-order valence-electron chi connectivity index (χ3n) is 3.12. The summed E-state index contributed by atoms with van der Waals surface area (Å²) in [7, 11) is 0. The standard InChI is InChI=1S/C11H20ClN/c1-9(7-12)8-13-6-4-5-10(2)11(13)3/h10-11H,1,4-8H2,2-3H3. The molecule has 1 saturated heterocycles. The lowest BCUT2D eigenvalue weighted by Gasteiger charge is -2.38. The summed E-state index contributed by atoms with van der Waals surface area (Å²) in [6.45, 7) is 10.8. The van der Waals surface area contributed by atoms with E-state index in [0.717, 1.165) is 18.0 Å². The molecular formula is C11H20ClN. The Bertz CT molecular complexity index is 179. The third kappa shape index (κ3) is 2.99. The van der Waals surface area contributed by atoms with Gasteiger partial charge in [-0.05, 0) is 37.8 Å². The molecule has 76 valence electrons. The van der Waals surface area contributed by atoms with Gasteiger partial charge < -0.3 is 0 Å². The molecule has 1 rings (SSSR count). The zero-order valence-corrected chi connectivity index (χ0v) is 9.48. The summed E-state index contributed by atoms with van der Waals surface area (Å²) < 4.78 is 0. The highest BCUT2D eigenvalue weighted by Crippen LogP contribution is 2.23. The van der Waals surface area contributed by atoms with Gasteiger partial charge in [0.2, 0.25) is 0 Å². The second kappa shape index (κ2) is 5.02. The van der Waals surface area contributed by atoms with Crippen LogP contribution in [-0.2, 0) is 0 Å². The van der Waals surface area contributed by atoms with Crippen molar-refractivity contribution in [3.05, 3.63) is 12.2 Å². The van der Waals surface area contributed by atoms with Gasteiger partial charge in [0.1, 0.15) is 0 Å². The van der Waals surface area contributed by atoms with E-state index in [-0.39, 0.29) is 0 Å². The lowest BCUT2D eigenvalue weighted by atomic mass is 9.92. The fourth-order valence-electron chi connectivity index (χ4n) is 1.97. The maximum absolute atomic E-state index is 5.73. The highest BCUT2D eigenvalue weighted by atomic mass is 35.5. The van der Waals surface area contributed by atoms with Crippen LogP contribution in [0.2, 0.25) is 0 Å². The van der Waals surface area contributed by atoms with E-state index in [1.165, 1.54) is 19.4 Å². The van der Waals surface area contributed by atoms with Gasteiger partial charge in [0.05, 0.1) is 0 Å². The number of hydrogen-bond donors (Lipinski definition) is 0. The van der Waals surface area contributed by atoms with Crippen LogP contribution in [0.15, 0.2) is 12.2 Å². The van der Waals surface area contributed by atoms with Crippen molar-refractivity contribution >= 4 is 11.6 Å². The number of piperidine rings is 1. The molecule has 1 aliphatic rings. The molecule has 1 heterocycles. The minimum Gasteiger partial charge on any atom is -0.296 e. The molecule has 0 aliphatic carbocycles. The summed E-state index contributed by atoms with van der Waals surface area (Å²) in [5, 5.41) is 0. The van der Waals surface area contributed by atoms with Gasteiger partial charge in [0, 0.05) is 18.5 Å². The smallest absolute Gasteiger partial charge is 0.0443 e. The van der Waals surface area contributed by atoms with Crippen LogP contribution in [0.4, 0.5) is 0 Å². The van der Waals surface area contributed by atoms with Gasteiger partial charge in [0.25, 0.3) is 0 Å². The molecule has 0 radical (unpaired) electrons. The van der Waals surface area contributed by atoms with E-state index >= 15 is 0 Å². The largest absolute Gasteiger partial charge is 0.296 e. The van der Waals surface area contributed by atoms with E-state index in [1.807, 2.05) is 0 Å². The predicted octanol–water partition coefficient (Wildman–Crippen LogP) is 2.90. The normalized spacial score (nSPS) is 30.4. The Morgan fingerprint density at radius 2 is 2.23 bits per heavy atom. The molecule has 0 spiro atoms. The van der Waals surface area contributed by atoms with E-state index in [4.69, 9.17) is 11.6 Å². The predicted molar refractivity (Wildman–Crippen MR) is 59.3 cm³/mol. The first-order valence-corrected chi connectivity index (χ1v) is 5.65. The quantitative estimate of drug-likeness (QED) is 0.502. The second-order valence-corrected chi connectivity index (χ2v) is 4.48. The van der Waals surface area contributed by atoms with Crippen LogP contribution in [0.25, 0.3) is 0 Å². The van der Waals surface area contributed by atoms with E-state index in [2.05, 4.69) is 25.3 Å².